The number of hydrogen-bond donors (Lipinski definition) is 1. The van der Waals surface area contributed by atoms with Gasteiger partial charge < -0.3 is 14.8 Å². The number of aryl methyl sites for hydroxylation is 1. The molecule has 3 nitrogen and oxygen atoms in total. The topological polar surface area (TPSA) is 30.5 Å². The lowest BCUT2D eigenvalue weighted by Crippen LogP contribution is -2.02. The van der Waals surface area contributed by atoms with Gasteiger partial charge in [-0.25, -0.2) is 0 Å². The summed E-state index contributed by atoms with van der Waals surface area (Å²) >= 11 is 6.02. The zero-order valence-electron chi connectivity index (χ0n) is 15.7. The Bertz CT molecular complexity index is 878. The van der Waals surface area contributed by atoms with Crippen molar-refractivity contribution < 1.29 is 9.47 Å². The van der Waals surface area contributed by atoms with Crippen molar-refractivity contribution in [1.82, 2.24) is 0 Å². The first-order chi connectivity index (χ1) is 13.2. The van der Waals surface area contributed by atoms with Gasteiger partial charge in [-0.15, -0.1) is 0 Å². The Morgan fingerprint density at radius 3 is 2.33 bits per heavy atom. The quantitative estimate of drug-likeness (QED) is 0.511. The Labute approximate surface area is 165 Å². The van der Waals surface area contributed by atoms with Crippen molar-refractivity contribution in [3.63, 3.8) is 0 Å². The summed E-state index contributed by atoms with van der Waals surface area (Å²) in [4.78, 5) is 0. The summed E-state index contributed by atoms with van der Waals surface area (Å²) in [5.74, 6) is 1.44. The molecule has 3 aromatic carbocycles. The molecule has 27 heavy (non-hydrogen) atoms. The standard InChI is InChI=1S/C23H24ClNO2/c1-3-17-7-10-21(11-8-17)25-15-18-9-12-22(23(14-18)26-2)27-16-19-5-4-6-20(24)13-19/h4-14,25H,3,15-16H2,1-2H3. The second kappa shape index (κ2) is 9.33. The van der Waals surface area contributed by atoms with E-state index in [0.29, 0.717) is 17.4 Å². The Hall–Kier alpha value is -2.65. The van der Waals surface area contributed by atoms with Crippen molar-refractivity contribution in [2.75, 3.05) is 12.4 Å². The van der Waals surface area contributed by atoms with Crippen LogP contribution >= 0.6 is 11.6 Å². The highest BCUT2D eigenvalue weighted by atomic mass is 35.5. The van der Waals surface area contributed by atoms with Crippen molar-refractivity contribution in [3.8, 4) is 11.5 Å². The normalized spacial score (nSPS) is 10.5. The highest BCUT2D eigenvalue weighted by Crippen LogP contribution is 2.29. The Morgan fingerprint density at radius 2 is 1.63 bits per heavy atom. The van der Waals surface area contributed by atoms with Gasteiger partial charge in [-0.05, 0) is 59.5 Å². The summed E-state index contributed by atoms with van der Waals surface area (Å²) < 4.78 is 11.4. The minimum absolute atomic E-state index is 0.443. The number of ether oxygens (including phenoxy) is 2. The smallest absolute Gasteiger partial charge is 0.161 e. The van der Waals surface area contributed by atoms with Gasteiger partial charge in [0.05, 0.1) is 7.11 Å². The largest absolute Gasteiger partial charge is 0.493 e. The maximum atomic E-state index is 6.02. The van der Waals surface area contributed by atoms with Gasteiger partial charge in [0.1, 0.15) is 6.61 Å². The second-order valence-electron chi connectivity index (χ2n) is 6.31. The molecule has 0 bridgehead atoms. The van der Waals surface area contributed by atoms with Crippen molar-refractivity contribution in [3.05, 3.63) is 88.4 Å². The van der Waals surface area contributed by atoms with Crippen LogP contribution in [0, 0.1) is 0 Å². The number of rotatable bonds is 8. The third-order valence-corrected chi connectivity index (χ3v) is 4.61. The Kier molecular flexibility index (Phi) is 6.61. The molecule has 0 radical (unpaired) electrons. The molecule has 140 valence electrons. The molecule has 0 unspecified atom stereocenters. The van der Waals surface area contributed by atoms with E-state index in [1.807, 2.05) is 42.5 Å². The summed E-state index contributed by atoms with van der Waals surface area (Å²) in [6, 6.07) is 22.2. The van der Waals surface area contributed by atoms with Crippen LogP contribution in [0.3, 0.4) is 0 Å². The van der Waals surface area contributed by atoms with Crippen LogP contribution in [-0.4, -0.2) is 7.11 Å². The van der Waals surface area contributed by atoms with E-state index >= 15 is 0 Å². The summed E-state index contributed by atoms with van der Waals surface area (Å²) in [6.07, 6.45) is 1.05. The predicted octanol–water partition coefficient (Wildman–Crippen LogP) is 6.10. The van der Waals surface area contributed by atoms with Crippen molar-refractivity contribution in [2.24, 2.45) is 0 Å². The highest BCUT2D eigenvalue weighted by molar-refractivity contribution is 6.30. The number of anilines is 1. The van der Waals surface area contributed by atoms with Gasteiger partial charge in [-0.3, -0.25) is 0 Å². The number of hydrogen-bond acceptors (Lipinski definition) is 3. The molecule has 0 saturated carbocycles. The number of nitrogens with one attached hydrogen (secondary N) is 1. The number of benzene rings is 3. The molecule has 0 aliphatic carbocycles. The van der Waals surface area contributed by atoms with Gasteiger partial charge in [0.15, 0.2) is 11.5 Å². The molecule has 0 aliphatic heterocycles. The van der Waals surface area contributed by atoms with Crippen LogP contribution < -0.4 is 14.8 Å². The van der Waals surface area contributed by atoms with E-state index < -0.39 is 0 Å². The van der Waals surface area contributed by atoms with E-state index in [2.05, 4.69) is 36.5 Å². The van der Waals surface area contributed by atoms with Crippen LogP contribution in [0.5, 0.6) is 11.5 Å². The first kappa shape index (κ1) is 19.1. The Morgan fingerprint density at radius 1 is 0.852 bits per heavy atom. The van der Waals surface area contributed by atoms with E-state index in [-0.39, 0.29) is 0 Å². The fraction of sp³-hybridized carbons (Fsp3) is 0.217. The zero-order valence-corrected chi connectivity index (χ0v) is 16.4. The third kappa shape index (κ3) is 5.41. The molecular weight excluding hydrogens is 358 g/mol. The number of methoxy groups -OCH3 is 1. The molecule has 0 saturated heterocycles. The van der Waals surface area contributed by atoms with Crippen LogP contribution in [0.2, 0.25) is 5.02 Å². The average Bonchev–Trinajstić information content (AvgIpc) is 2.71. The number of halogens is 1. The monoisotopic (exact) mass is 381 g/mol. The van der Waals surface area contributed by atoms with Crippen molar-refractivity contribution in [1.29, 1.82) is 0 Å². The average molecular weight is 382 g/mol. The molecule has 0 aliphatic rings. The van der Waals surface area contributed by atoms with E-state index in [4.69, 9.17) is 21.1 Å². The van der Waals surface area contributed by atoms with Gasteiger partial charge in [0.2, 0.25) is 0 Å². The van der Waals surface area contributed by atoms with Gasteiger partial charge in [-0.1, -0.05) is 48.9 Å². The summed E-state index contributed by atoms with van der Waals surface area (Å²) in [7, 11) is 1.66. The second-order valence-corrected chi connectivity index (χ2v) is 6.74. The molecule has 4 heteroatoms. The molecule has 3 rings (SSSR count). The maximum absolute atomic E-state index is 6.02. The van der Waals surface area contributed by atoms with E-state index in [0.717, 1.165) is 35.5 Å². The lowest BCUT2D eigenvalue weighted by molar-refractivity contribution is 0.284. The van der Waals surface area contributed by atoms with Crippen LogP contribution in [0.4, 0.5) is 5.69 Å². The SMILES string of the molecule is CCc1ccc(NCc2ccc(OCc3cccc(Cl)c3)c(OC)c2)cc1. The summed E-state index contributed by atoms with van der Waals surface area (Å²) in [6.45, 7) is 3.32. The van der Waals surface area contributed by atoms with E-state index in [1.165, 1.54) is 5.56 Å². The first-order valence-corrected chi connectivity index (χ1v) is 9.42. The molecule has 0 spiro atoms. The van der Waals surface area contributed by atoms with Crippen LogP contribution in [-0.2, 0) is 19.6 Å². The van der Waals surface area contributed by atoms with E-state index in [9.17, 15) is 0 Å². The lowest BCUT2D eigenvalue weighted by Gasteiger charge is -2.13. The molecular formula is C23H24ClNO2. The summed E-state index contributed by atoms with van der Waals surface area (Å²) in [5, 5.41) is 4.14. The molecule has 0 amide bonds. The fourth-order valence-corrected chi connectivity index (χ4v) is 3.00. The van der Waals surface area contributed by atoms with Crippen molar-refractivity contribution in [2.45, 2.75) is 26.5 Å². The minimum Gasteiger partial charge on any atom is -0.493 e. The molecule has 1 N–H and O–H groups in total. The molecule has 0 atom stereocenters. The van der Waals surface area contributed by atoms with Crippen LogP contribution in [0.15, 0.2) is 66.7 Å². The first-order valence-electron chi connectivity index (χ1n) is 9.05. The summed E-state index contributed by atoms with van der Waals surface area (Å²) in [5.41, 5.74) is 4.59. The minimum atomic E-state index is 0.443. The van der Waals surface area contributed by atoms with Gasteiger partial charge in [0, 0.05) is 17.3 Å². The van der Waals surface area contributed by atoms with Crippen LogP contribution in [0.1, 0.15) is 23.6 Å². The fourth-order valence-electron chi connectivity index (χ4n) is 2.79. The Balaban J connectivity index is 1.62. The molecule has 0 heterocycles. The maximum Gasteiger partial charge on any atom is 0.161 e. The van der Waals surface area contributed by atoms with Crippen LogP contribution in [0.25, 0.3) is 0 Å². The highest BCUT2D eigenvalue weighted by Gasteiger charge is 2.07. The van der Waals surface area contributed by atoms with Gasteiger partial charge >= 0.3 is 0 Å². The molecule has 0 aromatic heterocycles. The van der Waals surface area contributed by atoms with E-state index in [1.54, 1.807) is 7.11 Å². The zero-order chi connectivity index (χ0) is 19.1. The lowest BCUT2D eigenvalue weighted by atomic mass is 10.1. The third-order valence-electron chi connectivity index (χ3n) is 4.37. The predicted molar refractivity (Wildman–Crippen MR) is 112 cm³/mol. The van der Waals surface area contributed by atoms with Gasteiger partial charge in [0.25, 0.3) is 0 Å². The molecule has 0 fully saturated rings. The van der Waals surface area contributed by atoms with Gasteiger partial charge in [-0.2, -0.15) is 0 Å². The van der Waals surface area contributed by atoms with Crippen molar-refractivity contribution >= 4 is 17.3 Å². The molecule has 3 aromatic rings.